The lowest BCUT2D eigenvalue weighted by atomic mass is 10.0. The maximum absolute atomic E-state index is 12.3. The highest BCUT2D eigenvalue weighted by Gasteiger charge is 2.20. The second-order valence-corrected chi connectivity index (χ2v) is 7.82. The lowest BCUT2D eigenvalue weighted by molar-refractivity contribution is -0.144. The molecule has 0 saturated carbocycles. The molecule has 1 saturated heterocycles. The van der Waals surface area contributed by atoms with Crippen molar-refractivity contribution in [2.45, 2.75) is 25.7 Å². The van der Waals surface area contributed by atoms with E-state index in [0.717, 1.165) is 29.8 Å². The number of carbonyl (C=O) groups is 2. The third kappa shape index (κ3) is 5.29. The number of benzene rings is 1. The van der Waals surface area contributed by atoms with E-state index in [4.69, 9.17) is 4.74 Å². The molecular weight excluding hydrogens is 410 g/mol. The predicted octanol–water partition coefficient (Wildman–Crippen LogP) is 1.26. The Bertz CT molecular complexity index is 1180. The Hall–Kier alpha value is -3.75. The van der Waals surface area contributed by atoms with E-state index in [9.17, 15) is 14.4 Å². The molecule has 2 aromatic heterocycles. The minimum absolute atomic E-state index is 0.117. The number of ether oxygens (including phenoxy) is 1. The van der Waals surface area contributed by atoms with Crippen molar-refractivity contribution in [2.75, 3.05) is 19.7 Å². The van der Waals surface area contributed by atoms with Gasteiger partial charge in [0.1, 0.15) is 18.0 Å². The van der Waals surface area contributed by atoms with Crippen molar-refractivity contribution in [3.63, 3.8) is 0 Å². The van der Waals surface area contributed by atoms with Crippen LogP contribution in [0.15, 0.2) is 53.7 Å². The Morgan fingerprint density at radius 2 is 2.03 bits per heavy atom. The molecule has 1 aliphatic heterocycles. The summed E-state index contributed by atoms with van der Waals surface area (Å²) in [6.45, 7) is 1.37. The van der Waals surface area contributed by atoms with Gasteiger partial charge in [-0.05, 0) is 17.5 Å². The van der Waals surface area contributed by atoms with E-state index in [1.807, 2.05) is 37.5 Å². The van der Waals surface area contributed by atoms with Gasteiger partial charge in [-0.3, -0.25) is 19.1 Å². The van der Waals surface area contributed by atoms with Crippen LogP contribution in [-0.4, -0.2) is 56.0 Å². The van der Waals surface area contributed by atoms with Crippen LogP contribution in [0.2, 0.25) is 0 Å². The number of nitrogens with zero attached hydrogens (tertiary/aromatic N) is 5. The summed E-state index contributed by atoms with van der Waals surface area (Å²) in [5.41, 5.74) is 2.71. The molecule has 3 heterocycles. The fourth-order valence-electron chi connectivity index (χ4n) is 3.71. The SMILES string of the molecule is Cn1cc(-n2ccc(=O)c(Cc3cccc(CC(=O)OCCN4CCCC4=O)c3)n2)cn1. The van der Waals surface area contributed by atoms with E-state index in [1.165, 1.54) is 6.07 Å². The van der Waals surface area contributed by atoms with Gasteiger partial charge in [0.25, 0.3) is 0 Å². The van der Waals surface area contributed by atoms with Crippen LogP contribution >= 0.6 is 0 Å². The van der Waals surface area contributed by atoms with Crippen molar-refractivity contribution >= 4 is 11.9 Å². The fraction of sp³-hybridized carbons (Fsp3) is 0.348. The molecule has 0 radical (unpaired) electrons. The highest BCUT2D eigenvalue weighted by molar-refractivity contribution is 5.78. The van der Waals surface area contributed by atoms with Crippen LogP contribution in [0.4, 0.5) is 0 Å². The summed E-state index contributed by atoms with van der Waals surface area (Å²) in [6, 6.07) is 8.97. The normalized spacial score (nSPS) is 13.5. The zero-order valence-corrected chi connectivity index (χ0v) is 17.9. The van der Waals surface area contributed by atoms with E-state index in [-0.39, 0.29) is 30.3 Å². The monoisotopic (exact) mass is 435 g/mol. The molecule has 1 fully saturated rings. The van der Waals surface area contributed by atoms with Crippen molar-refractivity contribution in [3.8, 4) is 5.69 Å². The molecular formula is C23H25N5O4. The average Bonchev–Trinajstić information content (AvgIpc) is 3.38. The molecule has 0 N–H and O–H groups in total. The van der Waals surface area contributed by atoms with Crippen LogP contribution in [0.25, 0.3) is 5.69 Å². The predicted molar refractivity (Wildman–Crippen MR) is 116 cm³/mol. The van der Waals surface area contributed by atoms with Crippen molar-refractivity contribution < 1.29 is 14.3 Å². The van der Waals surface area contributed by atoms with Gasteiger partial charge in [0.15, 0.2) is 0 Å². The highest BCUT2D eigenvalue weighted by Crippen LogP contribution is 2.12. The first-order valence-electron chi connectivity index (χ1n) is 10.6. The van der Waals surface area contributed by atoms with Gasteiger partial charge in [-0.25, -0.2) is 4.68 Å². The minimum atomic E-state index is -0.342. The lowest BCUT2D eigenvalue weighted by Crippen LogP contribution is -2.29. The Labute approximate surface area is 185 Å². The number of rotatable bonds is 8. The van der Waals surface area contributed by atoms with E-state index in [2.05, 4.69) is 10.2 Å². The zero-order chi connectivity index (χ0) is 22.5. The maximum atomic E-state index is 12.3. The van der Waals surface area contributed by atoms with Gasteiger partial charge in [-0.15, -0.1) is 0 Å². The van der Waals surface area contributed by atoms with E-state index < -0.39 is 0 Å². The molecule has 0 spiro atoms. The number of likely N-dealkylation sites (tertiary alicyclic amines) is 1. The van der Waals surface area contributed by atoms with Gasteiger partial charge < -0.3 is 9.64 Å². The van der Waals surface area contributed by atoms with Crippen LogP contribution in [0.5, 0.6) is 0 Å². The van der Waals surface area contributed by atoms with Gasteiger partial charge in [0.05, 0.1) is 25.4 Å². The summed E-state index contributed by atoms with van der Waals surface area (Å²) in [5, 5.41) is 8.58. The molecule has 4 rings (SSSR count). The summed E-state index contributed by atoms with van der Waals surface area (Å²) in [5.74, 6) is -0.226. The number of aryl methyl sites for hydroxylation is 1. The fourth-order valence-corrected chi connectivity index (χ4v) is 3.71. The molecule has 0 atom stereocenters. The van der Waals surface area contributed by atoms with Gasteiger partial charge in [-0.1, -0.05) is 24.3 Å². The van der Waals surface area contributed by atoms with E-state index in [0.29, 0.717) is 25.1 Å². The third-order valence-corrected chi connectivity index (χ3v) is 5.34. The smallest absolute Gasteiger partial charge is 0.310 e. The summed E-state index contributed by atoms with van der Waals surface area (Å²) >= 11 is 0. The standard InChI is InChI=1S/C23H25N5O4/c1-26-16-19(15-24-26)28-9-7-21(29)20(25-28)13-17-4-2-5-18(12-17)14-23(31)32-11-10-27-8-3-6-22(27)30/h2,4-5,7,9,12,15-16H,3,6,8,10-11,13-14H2,1H3. The number of hydrogen-bond donors (Lipinski definition) is 0. The molecule has 0 aliphatic carbocycles. The first-order chi connectivity index (χ1) is 15.5. The van der Waals surface area contributed by atoms with Gasteiger partial charge >= 0.3 is 5.97 Å². The van der Waals surface area contributed by atoms with Crippen LogP contribution < -0.4 is 5.43 Å². The first kappa shape index (κ1) is 21.5. The Kier molecular flexibility index (Phi) is 6.44. The molecule has 0 bridgehead atoms. The second-order valence-electron chi connectivity index (χ2n) is 7.82. The molecule has 9 heteroatoms. The number of esters is 1. The van der Waals surface area contributed by atoms with Crippen LogP contribution in [0, 0.1) is 0 Å². The van der Waals surface area contributed by atoms with Crippen molar-refractivity contribution in [1.29, 1.82) is 0 Å². The molecule has 32 heavy (non-hydrogen) atoms. The third-order valence-electron chi connectivity index (χ3n) is 5.34. The minimum Gasteiger partial charge on any atom is -0.464 e. The number of carbonyl (C=O) groups excluding carboxylic acids is 2. The van der Waals surface area contributed by atoms with Crippen molar-refractivity contribution in [1.82, 2.24) is 24.5 Å². The molecule has 1 aromatic carbocycles. The molecule has 166 valence electrons. The Balaban J connectivity index is 1.37. The van der Waals surface area contributed by atoms with Crippen LogP contribution in [0.1, 0.15) is 29.7 Å². The number of hydrogen-bond acceptors (Lipinski definition) is 6. The Morgan fingerprint density at radius 1 is 1.19 bits per heavy atom. The summed E-state index contributed by atoms with van der Waals surface area (Å²) in [6.07, 6.45) is 7.02. The van der Waals surface area contributed by atoms with Crippen LogP contribution in [0.3, 0.4) is 0 Å². The van der Waals surface area contributed by atoms with E-state index >= 15 is 0 Å². The zero-order valence-electron chi connectivity index (χ0n) is 17.9. The van der Waals surface area contributed by atoms with Crippen molar-refractivity contribution in [2.24, 2.45) is 7.05 Å². The van der Waals surface area contributed by atoms with E-state index in [1.54, 1.807) is 26.7 Å². The largest absolute Gasteiger partial charge is 0.464 e. The topological polar surface area (TPSA) is 99.3 Å². The molecule has 1 amide bonds. The Morgan fingerprint density at radius 3 is 2.78 bits per heavy atom. The average molecular weight is 435 g/mol. The molecule has 1 aliphatic rings. The van der Waals surface area contributed by atoms with Crippen molar-refractivity contribution in [3.05, 3.63) is 76.0 Å². The van der Waals surface area contributed by atoms with Gasteiger partial charge in [-0.2, -0.15) is 10.2 Å². The number of amides is 1. The molecule has 3 aromatic rings. The maximum Gasteiger partial charge on any atom is 0.310 e. The van der Waals surface area contributed by atoms with Gasteiger partial charge in [0.2, 0.25) is 11.3 Å². The molecule has 9 nitrogen and oxygen atoms in total. The number of aromatic nitrogens is 4. The summed E-state index contributed by atoms with van der Waals surface area (Å²) < 4.78 is 8.58. The lowest BCUT2D eigenvalue weighted by Gasteiger charge is -2.15. The van der Waals surface area contributed by atoms with Crippen LogP contribution in [-0.2, 0) is 34.2 Å². The summed E-state index contributed by atoms with van der Waals surface area (Å²) in [4.78, 5) is 37.9. The highest BCUT2D eigenvalue weighted by atomic mass is 16.5. The first-order valence-corrected chi connectivity index (χ1v) is 10.6. The quantitative estimate of drug-likeness (QED) is 0.494. The second kappa shape index (κ2) is 9.59. The summed E-state index contributed by atoms with van der Waals surface area (Å²) in [7, 11) is 1.81. The molecule has 0 unspecified atom stereocenters. The van der Waals surface area contributed by atoms with Gasteiger partial charge in [0, 0.05) is 38.7 Å².